The number of anilines is 1. The van der Waals surface area contributed by atoms with E-state index in [4.69, 9.17) is 5.11 Å². The number of nitro groups is 1. The maximum Gasteiger partial charge on any atom is 0.326 e. The van der Waals surface area contributed by atoms with Crippen molar-refractivity contribution in [3.8, 4) is 0 Å². The predicted octanol–water partition coefficient (Wildman–Crippen LogP) is 2.71. The van der Waals surface area contributed by atoms with Gasteiger partial charge in [-0.3, -0.25) is 14.9 Å². The van der Waals surface area contributed by atoms with E-state index in [1.54, 1.807) is 0 Å². The molecule has 0 spiro atoms. The zero-order chi connectivity index (χ0) is 16.2. The molecule has 0 aromatic heterocycles. The first kappa shape index (κ1) is 16.6. The van der Waals surface area contributed by atoms with E-state index in [-0.39, 0.29) is 28.6 Å². The van der Waals surface area contributed by atoms with Gasteiger partial charge in [-0.15, -0.1) is 0 Å². The van der Waals surface area contributed by atoms with Crippen LogP contribution in [0.1, 0.15) is 37.6 Å². The number of nitrogens with zero attached hydrogens (tertiary/aromatic N) is 1. The Labute approximate surface area is 122 Å². The molecule has 21 heavy (non-hydrogen) atoms. The summed E-state index contributed by atoms with van der Waals surface area (Å²) in [6.45, 7) is 5.04. The molecular weight excluding hydrogens is 276 g/mol. The molecule has 0 heterocycles. The van der Waals surface area contributed by atoms with Crippen molar-refractivity contribution in [1.29, 1.82) is 0 Å². The van der Waals surface area contributed by atoms with Gasteiger partial charge in [0, 0.05) is 11.6 Å². The topological polar surface area (TPSA) is 110 Å². The first-order valence-corrected chi connectivity index (χ1v) is 6.51. The second-order valence-electron chi connectivity index (χ2n) is 5.21. The molecule has 0 bridgehead atoms. The zero-order valence-electron chi connectivity index (χ0n) is 12.1. The van der Waals surface area contributed by atoms with E-state index in [0.29, 0.717) is 6.42 Å². The molecule has 0 aliphatic rings. The lowest BCUT2D eigenvalue weighted by Crippen LogP contribution is -2.31. The van der Waals surface area contributed by atoms with Gasteiger partial charge in [-0.25, -0.2) is 4.79 Å². The summed E-state index contributed by atoms with van der Waals surface area (Å²) in [5, 5.41) is 22.9. The highest BCUT2D eigenvalue weighted by Gasteiger charge is 2.23. The van der Waals surface area contributed by atoms with Gasteiger partial charge in [0.1, 0.15) is 11.7 Å². The molecule has 0 unspecified atom stereocenters. The van der Waals surface area contributed by atoms with Crippen molar-refractivity contribution >= 4 is 23.1 Å². The van der Waals surface area contributed by atoms with Crippen molar-refractivity contribution < 1.29 is 19.6 Å². The number of carbonyl (C=O) groups is 2. The van der Waals surface area contributed by atoms with Crippen LogP contribution in [0.4, 0.5) is 11.4 Å². The number of nitro benzene ring substituents is 1. The van der Waals surface area contributed by atoms with Crippen LogP contribution in [0.5, 0.6) is 0 Å². The van der Waals surface area contributed by atoms with E-state index in [9.17, 15) is 19.7 Å². The monoisotopic (exact) mass is 294 g/mol. The highest BCUT2D eigenvalue weighted by Crippen LogP contribution is 2.27. The summed E-state index contributed by atoms with van der Waals surface area (Å²) in [4.78, 5) is 32.9. The lowest BCUT2D eigenvalue weighted by atomic mass is 10.0. The lowest BCUT2D eigenvalue weighted by molar-refractivity contribution is -0.384. The van der Waals surface area contributed by atoms with Crippen LogP contribution in [0, 0.1) is 16.0 Å². The van der Waals surface area contributed by atoms with Crippen LogP contribution >= 0.6 is 0 Å². The van der Waals surface area contributed by atoms with Gasteiger partial charge in [0.05, 0.1) is 4.92 Å². The highest BCUT2D eigenvalue weighted by atomic mass is 16.6. The van der Waals surface area contributed by atoms with Gasteiger partial charge >= 0.3 is 5.97 Å². The maximum absolute atomic E-state index is 11.3. The van der Waals surface area contributed by atoms with Gasteiger partial charge in [-0.05, 0) is 31.4 Å². The van der Waals surface area contributed by atoms with Gasteiger partial charge in [0.2, 0.25) is 0 Å². The van der Waals surface area contributed by atoms with Crippen LogP contribution in [0.25, 0.3) is 0 Å². The summed E-state index contributed by atoms with van der Waals surface area (Å²) >= 11 is 0. The summed E-state index contributed by atoms with van der Waals surface area (Å²) in [5.74, 6) is -1.25. The van der Waals surface area contributed by atoms with Gasteiger partial charge in [-0.2, -0.15) is 0 Å². The summed E-state index contributed by atoms with van der Waals surface area (Å²) in [6, 6.07) is 3.03. The highest BCUT2D eigenvalue weighted by molar-refractivity contribution is 5.95. The number of carboxylic acids is 1. The zero-order valence-corrected chi connectivity index (χ0v) is 12.1. The van der Waals surface area contributed by atoms with Gasteiger partial charge in [0.15, 0.2) is 5.78 Å². The number of ketones is 1. The molecule has 1 rings (SSSR count). The lowest BCUT2D eigenvalue weighted by Gasteiger charge is -2.17. The standard InChI is InChI=1S/C14H18N2O5/c1-8(2)6-12(14(18)19)15-11-5-4-10(9(3)17)7-13(11)16(20)21/h4-5,7-8,12,15H,6H2,1-3H3,(H,18,19)/t12-/m1/s1. The van der Waals surface area contributed by atoms with E-state index >= 15 is 0 Å². The Bertz CT molecular complexity index is 568. The molecular formula is C14H18N2O5. The van der Waals surface area contributed by atoms with Crippen molar-refractivity contribution in [2.45, 2.75) is 33.2 Å². The molecule has 0 amide bonds. The van der Waals surface area contributed by atoms with Gasteiger partial charge < -0.3 is 10.4 Å². The molecule has 0 saturated carbocycles. The Kier molecular flexibility index (Phi) is 5.40. The second-order valence-corrected chi connectivity index (χ2v) is 5.21. The quantitative estimate of drug-likeness (QED) is 0.454. The molecule has 0 saturated heterocycles. The SMILES string of the molecule is CC(=O)c1ccc(N[C@H](CC(C)C)C(=O)O)c([N+](=O)[O-])c1. The molecule has 0 aliphatic carbocycles. The molecule has 114 valence electrons. The predicted molar refractivity (Wildman–Crippen MR) is 77.6 cm³/mol. The van der Waals surface area contributed by atoms with Crippen molar-refractivity contribution in [1.82, 2.24) is 0 Å². The van der Waals surface area contributed by atoms with Crippen molar-refractivity contribution in [3.63, 3.8) is 0 Å². The minimum absolute atomic E-state index is 0.0954. The summed E-state index contributed by atoms with van der Waals surface area (Å²) in [5.41, 5.74) is -0.00117. The number of Topliss-reactive ketones (excluding diaryl/α,β-unsaturated/α-hetero) is 1. The van der Waals surface area contributed by atoms with E-state index in [0.717, 1.165) is 6.07 Å². The fourth-order valence-corrected chi connectivity index (χ4v) is 1.90. The molecule has 1 atom stereocenters. The summed E-state index contributed by atoms with van der Waals surface area (Å²) in [6.07, 6.45) is 0.334. The Morgan fingerprint density at radius 3 is 2.43 bits per heavy atom. The second kappa shape index (κ2) is 6.83. The third-order valence-electron chi connectivity index (χ3n) is 2.94. The third-order valence-corrected chi connectivity index (χ3v) is 2.94. The molecule has 0 radical (unpaired) electrons. The first-order chi connectivity index (χ1) is 9.72. The Hall–Kier alpha value is -2.44. The number of rotatable bonds is 7. The van der Waals surface area contributed by atoms with Crippen molar-refractivity contribution in [2.24, 2.45) is 5.92 Å². The van der Waals surface area contributed by atoms with Crippen LogP contribution in [-0.4, -0.2) is 27.8 Å². The summed E-state index contributed by atoms with van der Waals surface area (Å²) < 4.78 is 0. The Balaban J connectivity index is 3.13. The van der Waals surface area contributed by atoms with E-state index in [1.165, 1.54) is 19.1 Å². The van der Waals surface area contributed by atoms with Crippen LogP contribution in [0.15, 0.2) is 18.2 Å². The van der Waals surface area contributed by atoms with Crippen LogP contribution < -0.4 is 5.32 Å². The van der Waals surface area contributed by atoms with E-state index in [1.807, 2.05) is 13.8 Å². The molecule has 7 heteroatoms. The minimum Gasteiger partial charge on any atom is -0.480 e. The fraction of sp³-hybridized carbons (Fsp3) is 0.429. The fourth-order valence-electron chi connectivity index (χ4n) is 1.90. The molecule has 1 aromatic rings. The van der Waals surface area contributed by atoms with Crippen LogP contribution in [0.3, 0.4) is 0 Å². The number of benzene rings is 1. The Morgan fingerprint density at radius 2 is 2.00 bits per heavy atom. The summed E-state index contributed by atoms with van der Waals surface area (Å²) in [7, 11) is 0. The third kappa shape index (κ3) is 4.55. The average Bonchev–Trinajstić information content (AvgIpc) is 2.37. The van der Waals surface area contributed by atoms with Gasteiger partial charge in [0.25, 0.3) is 5.69 Å². The van der Waals surface area contributed by atoms with Crippen LogP contribution in [0.2, 0.25) is 0 Å². The van der Waals surface area contributed by atoms with E-state index in [2.05, 4.69) is 5.32 Å². The number of hydrogen-bond acceptors (Lipinski definition) is 5. The molecule has 2 N–H and O–H groups in total. The van der Waals surface area contributed by atoms with E-state index < -0.39 is 16.9 Å². The molecule has 0 aliphatic heterocycles. The van der Waals surface area contributed by atoms with Crippen molar-refractivity contribution in [3.05, 3.63) is 33.9 Å². The number of carbonyl (C=O) groups excluding carboxylic acids is 1. The first-order valence-electron chi connectivity index (χ1n) is 6.51. The number of aliphatic carboxylic acids is 1. The smallest absolute Gasteiger partial charge is 0.326 e. The number of carboxylic acid groups (broad SMARTS) is 1. The number of hydrogen-bond donors (Lipinski definition) is 2. The largest absolute Gasteiger partial charge is 0.480 e. The van der Waals surface area contributed by atoms with Crippen LogP contribution in [-0.2, 0) is 4.79 Å². The minimum atomic E-state index is -1.08. The van der Waals surface area contributed by atoms with Gasteiger partial charge in [-0.1, -0.05) is 13.8 Å². The number of nitrogens with one attached hydrogen (secondary N) is 1. The maximum atomic E-state index is 11.3. The van der Waals surface area contributed by atoms with Crippen molar-refractivity contribution in [2.75, 3.05) is 5.32 Å². The normalized spacial score (nSPS) is 12.0. The Morgan fingerprint density at radius 1 is 1.38 bits per heavy atom. The molecule has 1 aromatic carbocycles. The molecule has 7 nitrogen and oxygen atoms in total. The molecule has 0 fully saturated rings. The average molecular weight is 294 g/mol.